The summed E-state index contributed by atoms with van der Waals surface area (Å²) in [6.45, 7) is 0.389. The van der Waals surface area contributed by atoms with Crippen LogP contribution in [0.2, 0.25) is 3.93 Å². The predicted molar refractivity (Wildman–Crippen MR) is 70.9 cm³/mol. The normalized spacial score (nSPS) is 19.7. The number of imide groups is 1. The van der Waals surface area contributed by atoms with Crippen molar-refractivity contribution in [3.8, 4) is 0 Å². The number of rotatable bonds is 6. The molecule has 2 rings (SSSR count). The molecule has 3 amide bonds. The molecule has 1 fully saturated rings. The quantitative estimate of drug-likeness (QED) is 0.498. The number of benzene rings is 1. The number of carbonyl (C=O) groups is 2. The summed E-state index contributed by atoms with van der Waals surface area (Å²) in [6, 6.07) is 8.34. The molecule has 0 radical (unpaired) electrons. The second kappa shape index (κ2) is 7.38. The Kier molecular flexibility index (Phi) is 5.80. The monoisotopic (exact) mass is 484 g/mol. The van der Waals surface area contributed by atoms with Crippen LogP contribution in [-0.2, 0) is 32.9 Å². The van der Waals surface area contributed by atoms with Crippen molar-refractivity contribution in [1.29, 1.82) is 0 Å². The van der Waals surface area contributed by atoms with Crippen molar-refractivity contribution in [3.05, 3.63) is 35.9 Å². The maximum absolute atomic E-state index is 12.0. The van der Waals surface area contributed by atoms with Gasteiger partial charge in [0.25, 0.3) is 0 Å². The number of hydrogen-bond acceptors (Lipinski definition) is 3. The Hall–Kier alpha value is -0.655. The first-order chi connectivity index (χ1) is 9.67. The zero-order chi connectivity index (χ0) is 14.5. The van der Waals surface area contributed by atoms with E-state index in [4.69, 9.17) is 13.0 Å². The fourth-order valence-electron chi connectivity index (χ4n) is 2.28. The van der Waals surface area contributed by atoms with E-state index >= 15 is 0 Å². The van der Waals surface area contributed by atoms with Crippen molar-refractivity contribution in [2.45, 2.75) is 16.1 Å². The molecule has 20 heavy (non-hydrogen) atoms. The molecule has 0 bridgehead atoms. The number of nitrogens with one attached hydrogen (secondary N) is 1. The number of halogens is 1. The zero-order valence-corrected chi connectivity index (χ0v) is 17.5. The second-order valence-electron chi connectivity index (χ2n) is 4.60. The fourth-order valence-corrected chi connectivity index (χ4v) is 6.99. The Morgan fingerprint density at radius 3 is 2.70 bits per heavy atom. The molecule has 1 aromatic rings. The van der Waals surface area contributed by atoms with Crippen LogP contribution < -0.4 is 5.32 Å². The van der Waals surface area contributed by atoms with Gasteiger partial charge in [0.1, 0.15) is 0 Å². The molecule has 2 atom stereocenters. The van der Waals surface area contributed by atoms with Crippen molar-refractivity contribution in [1.82, 2.24) is 10.2 Å². The third-order valence-electron chi connectivity index (χ3n) is 3.33. The minimum atomic E-state index is -1.37. The van der Waals surface area contributed by atoms with Gasteiger partial charge in [-0.2, -0.15) is 0 Å². The maximum atomic E-state index is 12.0. The first-order valence-electron chi connectivity index (χ1n) is 6.42. The molecule has 1 aliphatic heterocycles. The van der Waals surface area contributed by atoms with Crippen LogP contribution in [-0.4, -0.2) is 36.6 Å². The summed E-state index contributed by atoms with van der Waals surface area (Å²) in [5.41, 5.74) is 0.807. The fraction of sp³-hybridized carbons (Fsp3) is 0.385. The number of urea groups is 1. The van der Waals surface area contributed by atoms with E-state index in [1.165, 1.54) is 4.90 Å². The number of methoxy groups -OCH3 is 1. The molecule has 0 aliphatic carbocycles. The van der Waals surface area contributed by atoms with E-state index < -0.39 is 29.4 Å². The van der Waals surface area contributed by atoms with Gasteiger partial charge in [0.15, 0.2) is 0 Å². The van der Waals surface area contributed by atoms with Crippen molar-refractivity contribution in [2.75, 3.05) is 13.7 Å². The summed E-state index contributed by atoms with van der Waals surface area (Å²) in [4.78, 5) is 25.5. The summed E-state index contributed by atoms with van der Waals surface area (Å²) in [5.74, 6) is -0.286. The molecule has 104 valence electrons. The number of carbonyl (C=O) groups excluding carboxylic acids is 2. The third kappa shape index (κ3) is 3.51. The summed E-state index contributed by atoms with van der Waals surface area (Å²) in [7, 11) is 7.54. The van der Waals surface area contributed by atoms with E-state index in [9.17, 15) is 9.59 Å². The van der Waals surface area contributed by atoms with Crippen LogP contribution in [0.5, 0.6) is 0 Å². The molecule has 0 spiro atoms. The van der Waals surface area contributed by atoms with Gasteiger partial charge < -0.3 is 0 Å². The molecular formula is C13H15ClHgN2O3. The van der Waals surface area contributed by atoms with Crippen LogP contribution in [0.1, 0.15) is 11.6 Å². The van der Waals surface area contributed by atoms with Gasteiger partial charge >= 0.3 is 134 Å². The summed E-state index contributed by atoms with van der Waals surface area (Å²) < 4.78 is 6.20. The Morgan fingerprint density at radius 2 is 2.10 bits per heavy atom. The van der Waals surface area contributed by atoms with Crippen molar-refractivity contribution in [3.63, 3.8) is 0 Å². The molecule has 7 heteroatoms. The van der Waals surface area contributed by atoms with Crippen molar-refractivity contribution >= 4 is 20.2 Å². The van der Waals surface area contributed by atoms with E-state index in [1.54, 1.807) is 7.11 Å². The van der Waals surface area contributed by atoms with Crippen LogP contribution in [0.25, 0.3) is 0 Å². The van der Waals surface area contributed by atoms with E-state index in [2.05, 4.69) is 5.32 Å². The van der Waals surface area contributed by atoms with Gasteiger partial charge in [0, 0.05) is 0 Å². The molecule has 1 N–H and O–H groups in total. The predicted octanol–water partition coefficient (Wildman–Crippen LogP) is 1.95. The topological polar surface area (TPSA) is 58.6 Å². The average molecular weight is 483 g/mol. The van der Waals surface area contributed by atoms with Crippen molar-refractivity contribution < 1.29 is 37.7 Å². The van der Waals surface area contributed by atoms with E-state index in [0.29, 0.717) is 6.54 Å². The van der Waals surface area contributed by atoms with Gasteiger partial charge in [-0.25, -0.2) is 0 Å². The first-order valence-corrected chi connectivity index (χ1v) is 17.1. The van der Waals surface area contributed by atoms with Gasteiger partial charge in [-0.1, -0.05) is 0 Å². The first kappa shape index (κ1) is 15.7. The number of ether oxygens (including phenoxy) is 1. The minimum absolute atomic E-state index is 0.0861. The summed E-state index contributed by atoms with van der Waals surface area (Å²) in [5, 5.41) is 2.36. The van der Waals surface area contributed by atoms with E-state index in [-0.39, 0.29) is 18.0 Å². The Labute approximate surface area is 133 Å². The number of amides is 3. The number of hydrogen-bond donors (Lipinski definition) is 1. The van der Waals surface area contributed by atoms with Crippen LogP contribution >= 0.6 is 8.25 Å². The Bertz CT molecular complexity index is 486. The Balaban J connectivity index is 2.20. The van der Waals surface area contributed by atoms with Crippen molar-refractivity contribution in [2.24, 2.45) is 0 Å². The van der Waals surface area contributed by atoms with E-state index in [1.807, 2.05) is 30.3 Å². The molecule has 1 aromatic carbocycles. The Morgan fingerprint density at radius 1 is 1.40 bits per heavy atom. The van der Waals surface area contributed by atoms with Crippen LogP contribution in [0.15, 0.2) is 30.3 Å². The number of nitrogens with zero attached hydrogens (tertiary/aromatic N) is 1. The second-order valence-corrected chi connectivity index (χ2v) is 11.6. The molecular weight excluding hydrogens is 468 g/mol. The molecule has 5 nitrogen and oxygen atoms in total. The summed E-state index contributed by atoms with van der Waals surface area (Å²) in [6.07, 6.45) is -0.0861. The van der Waals surface area contributed by atoms with Crippen LogP contribution in [0, 0.1) is 0 Å². The molecule has 1 saturated heterocycles. The SMILES string of the molecule is COC([CH2][Hg][Cl])CN1C(=O)NC(=O)C1c1ccccc1. The van der Waals surface area contributed by atoms with Gasteiger partial charge in [-0.15, -0.1) is 0 Å². The summed E-state index contributed by atoms with van der Waals surface area (Å²) >= 11 is -1.37. The van der Waals surface area contributed by atoms with E-state index in [0.717, 1.165) is 9.49 Å². The van der Waals surface area contributed by atoms with Gasteiger partial charge in [-0.05, 0) is 0 Å². The molecule has 2 unspecified atom stereocenters. The van der Waals surface area contributed by atoms with Gasteiger partial charge in [0.05, 0.1) is 0 Å². The third-order valence-corrected chi connectivity index (χ3v) is 8.60. The molecule has 0 aromatic heterocycles. The van der Waals surface area contributed by atoms with Crippen LogP contribution in [0.3, 0.4) is 0 Å². The average Bonchev–Trinajstić information content (AvgIpc) is 2.73. The standard InChI is InChI=1S/C13H15N2O3.ClH.Hg/c1-9(18-2)8-15-11(12(16)14-13(15)17)10-6-4-3-5-7-10;;/h3-7,9,11H,1,8H2,2H3,(H,14,16,17);1H;/q;;+1/p-1. The van der Waals surface area contributed by atoms with Gasteiger partial charge in [0.2, 0.25) is 0 Å². The van der Waals surface area contributed by atoms with Gasteiger partial charge in [-0.3, -0.25) is 0 Å². The van der Waals surface area contributed by atoms with Crippen LogP contribution in [0.4, 0.5) is 4.79 Å². The molecule has 0 saturated carbocycles. The molecule has 1 heterocycles. The zero-order valence-electron chi connectivity index (χ0n) is 11.2. The molecule has 1 aliphatic rings.